The molecule has 6 nitrogen and oxygen atoms in total. The van der Waals surface area contributed by atoms with Crippen molar-refractivity contribution in [3.8, 4) is 5.75 Å². The Balaban J connectivity index is 1.19. The van der Waals surface area contributed by atoms with Gasteiger partial charge in [-0.25, -0.2) is 4.98 Å². The average Bonchev–Trinajstić information content (AvgIpc) is 3.22. The monoisotopic (exact) mass is 413 g/mol. The number of fused-ring (bicyclic) bond motifs is 1. The van der Waals surface area contributed by atoms with Gasteiger partial charge in [0.2, 0.25) is 5.91 Å². The van der Waals surface area contributed by atoms with Gasteiger partial charge in [-0.15, -0.1) is 11.3 Å². The lowest BCUT2D eigenvalue weighted by Gasteiger charge is -2.19. The van der Waals surface area contributed by atoms with Gasteiger partial charge in [0.15, 0.2) is 6.61 Å². The molecule has 0 atom stereocenters. The first kappa shape index (κ1) is 19.9. The standard InChI is InChI=1S/C22H27N3O3S/c26-20-9-6-16-12-17(7-8-18(16)24-20)28-13-21(27)23-11-10-22-25-19(14-29-22)15-4-2-1-3-5-15/h7-8,12,14-15H,1-6,9-11,13H2,(H,23,27)(H,24,26). The van der Waals surface area contributed by atoms with Crippen molar-refractivity contribution in [2.45, 2.75) is 57.3 Å². The van der Waals surface area contributed by atoms with Crippen molar-refractivity contribution in [1.82, 2.24) is 10.3 Å². The maximum atomic E-state index is 12.1. The van der Waals surface area contributed by atoms with E-state index in [1.165, 1.54) is 37.8 Å². The third-order valence-corrected chi connectivity index (χ3v) is 6.52. The first-order valence-electron chi connectivity index (χ1n) is 10.4. The van der Waals surface area contributed by atoms with Crippen LogP contribution in [-0.4, -0.2) is 29.9 Å². The van der Waals surface area contributed by atoms with Crippen LogP contribution < -0.4 is 15.4 Å². The lowest BCUT2D eigenvalue weighted by atomic mass is 9.87. The quantitative estimate of drug-likeness (QED) is 0.723. The van der Waals surface area contributed by atoms with E-state index in [1.54, 1.807) is 17.4 Å². The van der Waals surface area contributed by atoms with E-state index >= 15 is 0 Å². The molecular weight excluding hydrogens is 386 g/mol. The van der Waals surface area contributed by atoms with Crippen LogP contribution in [-0.2, 0) is 22.4 Å². The van der Waals surface area contributed by atoms with Crippen molar-refractivity contribution >= 4 is 28.8 Å². The highest BCUT2D eigenvalue weighted by Crippen LogP contribution is 2.33. The van der Waals surface area contributed by atoms with Gasteiger partial charge in [0.25, 0.3) is 5.91 Å². The number of carbonyl (C=O) groups excluding carboxylic acids is 2. The molecule has 0 spiro atoms. The fourth-order valence-electron chi connectivity index (χ4n) is 3.98. The summed E-state index contributed by atoms with van der Waals surface area (Å²) in [6.45, 7) is 0.548. The number of thiazole rings is 1. The third-order valence-electron chi connectivity index (χ3n) is 5.60. The van der Waals surface area contributed by atoms with E-state index in [4.69, 9.17) is 9.72 Å². The van der Waals surface area contributed by atoms with Crippen LogP contribution in [0.5, 0.6) is 5.75 Å². The van der Waals surface area contributed by atoms with Gasteiger partial charge in [0, 0.05) is 36.4 Å². The van der Waals surface area contributed by atoms with Crippen LogP contribution >= 0.6 is 11.3 Å². The summed E-state index contributed by atoms with van der Waals surface area (Å²) in [6.07, 6.45) is 8.42. The Kier molecular flexibility index (Phi) is 6.44. The number of aryl methyl sites for hydroxylation is 1. The minimum atomic E-state index is -0.139. The number of carbonyl (C=O) groups is 2. The Morgan fingerprint density at radius 1 is 1.24 bits per heavy atom. The molecule has 2 N–H and O–H groups in total. The molecule has 7 heteroatoms. The number of nitrogens with zero attached hydrogens (tertiary/aromatic N) is 1. The molecule has 1 aliphatic heterocycles. The van der Waals surface area contributed by atoms with Crippen LogP contribution in [0.1, 0.15) is 60.7 Å². The Morgan fingerprint density at radius 3 is 2.97 bits per heavy atom. The highest BCUT2D eigenvalue weighted by molar-refractivity contribution is 7.09. The van der Waals surface area contributed by atoms with Crippen LogP contribution in [0, 0.1) is 0 Å². The van der Waals surface area contributed by atoms with Gasteiger partial charge >= 0.3 is 0 Å². The SMILES string of the molecule is O=C(COc1ccc2c(c1)CCC(=O)N2)NCCc1nc(C2CCCCC2)cs1. The highest BCUT2D eigenvalue weighted by atomic mass is 32.1. The lowest BCUT2D eigenvalue weighted by molar-refractivity contribution is -0.123. The van der Waals surface area contributed by atoms with Crippen molar-refractivity contribution in [2.24, 2.45) is 0 Å². The molecule has 1 fully saturated rings. The molecule has 0 radical (unpaired) electrons. The van der Waals surface area contributed by atoms with Crippen molar-refractivity contribution in [1.29, 1.82) is 0 Å². The van der Waals surface area contributed by atoms with Crippen LogP contribution in [0.4, 0.5) is 5.69 Å². The summed E-state index contributed by atoms with van der Waals surface area (Å²) in [4.78, 5) is 28.3. The number of nitrogens with one attached hydrogen (secondary N) is 2. The minimum Gasteiger partial charge on any atom is -0.484 e. The summed E-state index contributed by atoms with van der Waals surface area (Å²) in [6, 6.07) is 5.50. The van der Waals surface area contributed by atoms with E-state index < -0.39 is 0 Å². The number of hydrogen-bond acceptors (Lipinski definition) is 5. The van der Waals surface area contributed by atoms with Gasteiger partial charge in [-0.3, -0.25) is 9.59 Å². The zero-order valence-corrected chi connectivity index (χ0v) is 17.4. The molecule has 1 saturated carbocycles. The van der Waals surface area contributed by atoms with E-state index in [1.807, 2.05) is 12.1 Å². The molecule has 1 aromatic carbocycles. The van der Waals surface area contributed by atoms with Gasteiger partial charge in [-0.05, 0) is 43.0 Å². The number of hydrogen-bond donors (Lipinski definition) is 2. The fraction of sp³-hybridized carbons (Fsp3) is 0.500. The van der Waals surface area contributed by atoms with E-state index in [0.717, 1.165) is 22.7 Å². The second kappa shape index (κ2) is 9.39. The zero-order valence-electron chi connectivity index (χ0n) is 16.5. The molecule has 0 unspecified atom stereocenters. The maximum Gasteiger partial charge on any atom is 0.257 e. The minimum absolute atomic E-state index is 0.0175. The number of anilines is 1. The average molecular weight is 414 g/mol. The van der Waals surface area contributed by atoms with Gasteiger partial charge in [0.05, 0.1) is 10.7 Å². The van der Waals surface area contributed by atoms with Crippen LogP contribution in [0.15, 0.2) is 23.6 Å². The smallest absolute Gasteiger partial charge is 0.257 e. The Morgan fingerprint density at radius 2 is 2.10 bits per heavy atom. The van der Waals surface area contributed by atoms with Gasteiger partial charge in [0.1, 0.15) is 5.75 Å². The van der Waals surface area contributed by atoms with Crippen LogP contribution in [0.3, 0.4) is 0 Å². The van der Waals surface area contributed by atoms with Crippen molar-refractivity contribution in [3.05, 3.63) is 39.8 Å². The summed E-state index contributed by atoms with van der Waals surface area (Å²) in [5.41, 5.74) is 3.11. The predicted octanol–water partition coefficient (Wildman–Crippen LogP) is 3.81. The van der Waals surface area contributed by atoms with E-state index in [2.05, 4.69) is 16.0 Å². The van der Waals surface area contributed by atoms with Gasteiger partial charge < -0.3 is 15.4 Å². The summed E-state index contributed by atoms with van der Waals surface area (Å²) in [7, 11) is 0. The predicted molar refractivity (Wildman–Crippen MR) is 114 cm³/mol. The zero-order chi connectivity index (χ0) is 20.1. The first-order chi connectivity index (χ1) is 14.2. The molecule has 1 aromatic heterocycles. The second-order valence-electron chi connectivity index (χ2n) is 7.76. The molecule has 2 aliphatic rings. The summed E-state index contributed by atoms with van der Waals surface area (Å²) < 4.78 is 5.61. The highest BCUT2D eigenvalue weighted by Gasteiger charge is 2.18. The molecule has 2 aromatic rings. The summed E-state index contributed by atoms with van der Waals surface area (Å²) >= 11 is 1.69. The van der Waals surface area contributed by atoms with Crippen molar-refractivity contribution in [2.75, 3.05) is 18.5 Å². The van der Waals surface area contributed by atoms with E-state index in [9.17, 15) is 9.59 Å². The van der Waals surface area contributed by atoms with Crippen LogP contribution in [0.2, 0.25) is 0 Å². The number of ether oxygens (including phenoxy) is 1. The Hall–Kier alpha value is -2.41. The largest absolute Gasteiger partial charge is 0.484 e. The fourth-order valence-corrected chi connectivity index (χ4v) is 4.86. The molecule has 1 aliphatic carbocycles. The molecule has 2 amide bonds. The van der Waals surface area contributed by atoms with Crippen molar-refractivity contribution < 1.29 is 14.3 Å². The number of aromatic nitrogens is 1. The van der Waals surface area contributed by atoms with Crippen molar-refractivity contribution in [3.63, 3.8) is 0 Å². The molecule has 4 rings (SSSR count). The first-order valence-corrected chi connectivity index (χ1v) is 11.3. The molecule has 154 valence electrons. The second-order valence-corrected chi connectivity index (χ2v) is 8.70. The number of benzene rings is 1. The lowest BCUT2D eigenvalue weighted by Crippen LogP contribution is -2.30. The maximum absolute atomic E-state index is 12.1. The number of rotatable bonds is 7. The summed E-state index contributed by atoms with van der Waals surface area (Å²) in [5, 5.41) is 9.02. The normalized spacial score (nSPS) is 16.8. The summed E-state index contributed by atoms with van der Waals surface area (Å²) in [5.74, 6) is 1.17. The molecule has 0 bridgehead atoms. The molecule has 29 heavy (non-hydrogen) atoms. The third kappa shape index (κ3) is 5.35. The molecule has 2 heterocycles. The number of amides is 2. The van der Waals surface area contributed by atoms with E-state index in [-0.39, 0.29) is 18.4 Å². The topological polar surface area (TPSA) is 80.3 Å². The molecule has 0 saturated heterocycles. The molecular formula is C22H27N3O3S. The van der Waals surface area contributed by atoms with Crippen LogP contribution in [0.25, 0.3) is 0 Å². The Labute approximate surface area is 175 Å². The van der Waals surface area contributed by atoms with Gasteiger partial charge in [-0.1, -0.05) is 19.3 Å². The van der Waals surface area contributed by atoms with Gasteiger partial charge in [-0.2, -0.15) is 0 Å². The van der Waals surface area contributed by atoms with E-state index in [0.29, 0.717) is 31.1 Å². The Bertz CT molecular complexity index is 874.